The first-order valence-electron chi connectivity index (χ1n) is 10.1. The second-order valence-corrected chi connectivity index (χ2v) is 7.82. The molecule has 3 heterocycles. The van der Waals surface area contributed by atoms with Crippen LogP contribution >= 0.6 is 0 Å². The summed E-state index contributed by atoms with van der Waals surface area (Å²) in [5.74, 6) is 1.49. The zero-order chi connectivity index (χ0) is 19.8. The number of anilines is 1. The van der Waals surface area contributed by atoms with Crippen LogP contribution in [-0.4, -0.2) is 27.6 Å². The van der Waals surface area contributed by atoms with Crippen molar-refractivity contribution in [3.05, 3.63) is 72.9 Å². The zero-order valence-corrected chi connectivity index (χ0v) is 16.4. The third-order valence-electron chi connectivity index (χ3n) is 5.84. The Morgan fingerprint density at radius 3 is 2.38 bits per heavy atom. The van der Waals surface area contributed by atoms with Crippen molar-refractivity contribution >= 4 is 16.9 Å². The van der Waals surface area contributed by atoms with E-state index in [1.807, 2.05) is 22.8 Å². The first kappa shape index (κ1) is 17.9. The largest absolute Gasteiger partial charge is 0.356 e. The molecule has 2 aromatic carbocycles. The molecule has 0 aliphatic carbocycles. The summed E-state index contributed by atoms with van der Waals surface area (Å²) in [6.07, 6.45) is 6.08. The number of fused-ring (bicyclic) bond motifs is 1. The van der Waals surface area contributed by atoms with Crippen molar-refractivity contribution in [2.24, 2.45) is 5.92 Å². The lowest BCUT2D eigenvalue weighted by molar-refractivity contribution is 0.437. The van der Waals surface area contributed by atoms with Crippen LogP contribution in [0.4, 0.5) is 10.2 Å². The fourth-order valence-corrected chi connectivity index (χ4v) is 4.14. The van der Waals surface area contributed by atoms with E-state index >= 15 is 0 Å². The van der Waals surface area contributed by atoms with Gasteiger partial charge in [0.1, 0.15) is 18.0 Å². The Morgan fingerprint density at radius 1 is 0.931 bits per heavy atom. The number of hydrogen-bond acceptors (Lipinski definition) is 3. The highest BCUT2D eigenvalue weighted by Gasteiger charge is 2.23. The van der Waals surface area contributed by atoms with E-state index < -0.39 is 0 Å². The van der Waals surface area contributed by atoms with Crippen molar-refractivity contribution in [3.63, 3.8) is 0 Å². The van der Waals surface area contributed by atoms with Crippen LogP contribution in [0.1, 0.15) is 19.8 Å². The summed E-state index contributed by atoms with van der Waals surface area (Å²) in [5.41, 5.74) is 3.95. The summed E-state index contributed by atoms with van der Waals surface area (Å²) < 4.78 is 15.5. The Bertz CT molecular complexity index is 1130. The highest BCUT2D eigenvalue weighted by molar-refractivity contribution is 6.02. The molecule has 0 atom stereocenters. The van der Waals surface area contributed by atoms with Crippen molar-refractivity contribution in [1.82, 2.24) is 14.5 Å². The molecule has 5 rings (SSSR count). The number of benzene rings is 2. The molecule has 0 saturated carbocycles. The number of piperidine rings is 1. The molecule has 29 heavy (non-hydrogen) atoms. The van der Waals surface area contributed by atoms with Crippen molar-refractivity contribution in [2.45, 2.75) is 19.8 Å². The Morgan fingerprint density at radius 2 is 1.66 bits per heavy atom. The van der Waals surface area contributed by atoms with Crippen molar-refractivity contribution in [3.8, 4) is 16.8 Å². The Kier molecular flexibility index (Phi) is 4.51. The first-order chi connectivity index (χ1) is 14.2. The predicted molar refractivity (Wildman–Crippen MR) is 115 cm³/mol. The molecule has 4 aromatic rings. The molecule has 1 fully saturated rings. The van der Waals surface area contributed by atoms with Gasteiger partial charge in [-0.3, -0.25) is 0 Å². The van der Waals surface area contributed by atoms with Crippen LogP contribution in [0.25, 0.3) is 27.8 Å². The monoisotopic (exact) mass is 386 g/mol. The normalized spacial score (nSPS) is 15.2. The van der Waals surface area contributed by atoms with Gasteiger partial charge in [-0.1, -0.05) is 37.3 Å². The number of aromatic nitrogens is 3. The van der Waals surface area contributed by atoms with E-state index in [-0.39, 0.29) is 5.82 Å². The fraction of sp³-hybridized carbons (Fsp3) is 0.250. The first-order valence-corrected chi connectivity index (χ1v) is 10.1. The highest BCUT2D eigenvalue weighted by atomic mass is 19.1. The minimum atomic E-state index is -0.244. The average molecular weight is 386 g/mol. The van der Waals surface area contributed by atoms with Gasteiger partial charge in [0.15, 0.2) is 5.65 Å². The molecule has 0 unspecified atom stereocenters. The highest BCUT2D eigenvalue weighted by Crippen LogP contribution is 2.37. The second kappa shape index (κ2) is 7.32. The van der Waals surface area contributed by atoms with E-state index in [0.717, 1.165) is 52.7 Å². The van der Waals surface area contributed by atoms with Gasteiger partial charge in [-0.25, -0.2) is 14.4 Å². The quantitative estimate of drug-likeness (QED) is 0.469. The SMILES string of the molecule is CC1CCN(c2ncnc3c2c(-c2ccccc2)cn3-c2ccc(F)cc2)CC1. The minimum Gasteiger partial charge on any atom is -0.356 e. The number of rotatable bonds is 3. The van der Waals surface area contributed by atoms with Gasteiger partial charge in [0.05, 0.1) is 5.39 Å². The van der Waals surface area contributed by atoms with E-state index in [9.17, 15) is 4.39 Å². The van der Waals surface area contributed by atoms with Gasteiger partial charge in [0.25, 0.3) is 0 Å². The molecule has 1 saturated heterocycles. The zero-order valence-electron chi connectivity index (χ0n) is 16.4. The molecule has 0 amide bonds. The van der Waals surface area contributed by atoms with E-state index in [1.54, 1.807) is 18.5 Å². The maximum atomic E-state index is 13.5. The predicted octanol–water partition coefficient (Wildman–Crippen LogP) is 5.46. The average Bonchev–Trinajstić information content (AvgIpc) is 3.15. The van der Waals surface area contributed by atoms with Crippen LogP contribution in [0.5, 0.6) is 0 Å². The standard InChI is InChI=1S/C24H23FN4/c1-17-11-13-28(14-12-17)23-22-21(18-5-3-2-4-6-18)15-29(24(22)27-16-26-23)20-9-7-19(25)8-10-20/h2-10,15-17H,11-14H2,1H3. The van der Waals surface area contributed by atoms with Crippen molar-refractivity contribution in [1.29, 1.82) is 0 Å². The number of nitrogens with zero attached hydrogens (tertiary/aromatic N) is 4. The molecule has 0 N–H and O–H groups in total. The van der Waals surface area contributed by atoms with Gasteiger partial charge in [0.2, 0.25) is 0 Å². The molecule has 2 aromatic heterocycles. The van der Waals surface area contributed by atoms with E-state index in [4.69, 9.17) is 4.98 Å². The molecular weight excluding hydrogens is 363 g/mol. The fourth-order valence-electron chi connectivity index (χ4n) is 4.14. The summed E-state index contributed by atoms with van der Waals surface area (Å²) in [7, 11) is 0. The number of hydrogen-bond donors (Lipinski definition) is 0. The summed E-state index contributed by atoms with van der Waals surface area (Å²) in [6.45, 7) is 4.32. The van der Waals surface area contributed by atoms with E-state index in [2.05, 4.69) is 35.1 Å². The smallest absolute Gasteiger partial charge is 0.150 e. The molecule has 5 heteroatoms. The summed E-state index contributed by atoms with van der Waals surface area (Å²) in [5, 5.41) is 1.05. The van der Waals surface area contributed by atoms with Crippen LogP contribution in [-0.2, 0) is 0 Å². The van der Waals surface area contributed by atoms with Crippen LogP contribution in [0.2, 0.25) is 0 Å². The molecular formula is C24H23FN4. The number of halogens is 1. The topological polar surface area (TPSA) is 34.0 Å². The lowest BCUT2D eigenvalue weighted by Crippen LogP contribution is -2.33. The molecule has 0 bridgehead atoms. The van der Waals surface area contributed by atoms with Gasteiger partial charge >= 0.3 is 0 Å². The maximum absolute atomic E-state index is 13.5. The van der Waals surface area contributed by atoms with Crippen molar-refractivity contribution < 1.29 is 4.39 Å². The molecule has 146 valence electrons. The maximum Gasteiger partial charge on any atom is 0.150 e. The summed E-state index contributed by atoms with van der Waals surface area (Å²) >= 11 is 0. The summed E-state index contributed by atoms with van der Waals surface area (Å²) in [4.78, 5) is 11.7. The van der Waals surface area contributed by atoms with Gasteiger partial charge in [-0.05, 0) is 48.6 Å². The second-order valence-electron chi connectivity index (χ2n) is 7.82. The third-order valence-corrected chi connectivity index (χ3v) is 5.84. The Labute approximate surface area is 169 Å². The molecule has 0 radical (unpaired) electrons. The van der Waals surface area contributed by atoms with Crippen LogP contribution < -0.4 is 4.90 Å². The summed E-state index contributed by atoms with van der Waals surface area (Å²) in [6, 6.07) is 16.9. The minimum absolute atomic E-state index is 0.244. The van der Waals surface area contributed by atoms with Gasteiger partial charge in [-0.15, -0.1) is 0 Å². The Hall–Kier alpha value is -3.21. The van der Waals surface area contributed by atoms with E-state index in [1.165, 1.54) is 25.0 Å². The van der Waals surface area contributed by atoms with Gasteiger partial charge in [-0.2, -0.15) is 0 Å². The van der Waals surface area contributed by atoms with E-state index in [0.29, 0.717) is 0 Å². The van der Waals surface area contributed by atoms with Crippen LogP contribution in [0.3, 0.4) is 0 Å². The van der Waals surface area contributed by atoms with Gasteiger partial charge < -0.3 is 9.47 Å². The van der Waals surface area contributed by atoms with Crippen LogP contribution in [0.15, 0.2) is 67.1 Å². The lowest BCUT2D eigenvalue weighted by atomic mass is 9.98. The third kappa shape index (κ3) is 3.27. The van der Waals surface area contributed by atoms with Crippen molar-refractivity contribution in [2.75, 3.05) is 18.0 Å². The molecule has 1 aliphatic heterocycles. The van der Waals surface area contributed by atoms with Crippen LogP contribution in [0, 0.1) is 11.7 Å². The molecule has 1 aliphatic rings. The lowest BCUT2D eigenvalue weighted by Gasteiger charge is -2.31. The Balaban J connectivity index is 1.74. The van der Waals surface area contributed by atoms with Gasteiger partial charge in [0, 0.05) is 30.5 Å². The molecule has 4 nitrogen and oxygen atoms in total. The molecule has 0 spiro atoms.